The van der Waals surface area contributed by atoms with E-state index < -0.39 is 6.10 Å². The molecule has 0 unspecified atom stereocenters. The van der Waals surface area contributed by atoms with Gasteiger partial charge < -0.3 is 19.1 Å². The van der Waals surface area contributed by atoms with E-state index in [1.807, 2.05) is 35.2 Å². The van der Waals surface area contributed by atoms with Gasteiger partial charge in [-0.1, -0.05) is 0 Å². The van der Waals surface area contributed by atoms with Crippen LogP contribution in [-0.2, 0) is 4.79 Å². The fraction of sp³-hybridized carbons (Fsp3) is 0.364. The first kappa shape index (κ1) is 20.6. The summed E-state index contributed by atoms with van der Waals surface area (Å²) in [6.07, 6.45) is 2.70. The predicted molar refractivity (Wildman–Crippen MR) is 112 cm³/mol. The lowest BCUT2D eigenvalue weighted by molar-refractivity contribution is -0.138. The molecule has 2 aromatic carbocycles. The number of rotatable bonds is 7. The summed E-state index contributed by atoms with van der Waals surface area (Å²) in [7, 11) is 3.25. The van der Waals surface area contributed by atoms with Gasteiger partial charge in [-0.05, 0) is 66.6 Å². The van der Waals surface area contributed by atoms with Crippen molar-refractivity contribution >= 4 is 5.91 Å². The van der Waals surface area contributed by atoms with Gasteiger partial charge in [0.05, 0.1) is 25.9 Å². The monoisotopic (exact) mass is 423 g/mol. The van der Waals surface area contributed by atoms with Gasteiger partial charge in [-0.15, -0.1) is 5.10 Å². The number of tetrazole rings is 1. The van der Waals surface area contributed by atoms with Gasteiger partial charge in [0, 0.05) is 18.2 Å². The molecule has 0 aliphatic carbocycles. The van der Waals surface area contributed by atoms with E-state index in [1.165, 1.54) is 6.33 Å². The molecule has 2 atom stereocenters. The van der Waals surface area contributed by atoms with Crippen molar-refractivity contribution in [1.29, 1.82) is 0 Å². The summed E-state index contributed by atoms with van der Waals surface area (Å²) in [4.78, 5) is 15.1. The lowest BCUT2D eigenvalue weighted by Gasteiger charge is -2.29. The Morgan fingerprint density at radius 2 is 1.87 bits per heavy atom. The summed E-state index contributed by atoms with van der Waals surface area (Å²) >= 11 is 0. The van der Waals surface area contributed by atoms with E-state index in [4.69, 9.17) is 14.2 Å². The van der Waals surface area contributed by atoms with Gasteiger partial charge >= 0.3 is 0 Å². The number of likely N-dealkylation sites (tertiary alicyclic amines) is 1. The molecular formula is C22H25N5O4. The molecule has 4 rings (SSSR count). The number of nitrogens with zero attached hydrogens (tertiary/aromatic N) is 5. The topological polar surface area (TPSA) is 91.6 Å². The van der Waals surface area contributed by atoms with Crippen LogP contribution >= 0.6 is 0 Å². The fourth-order valence-corrected chi connectivity index (χ4v) is 3.89. The molecular weight excluding hydrogens is 398 g/mol. The van der Waals surface area contributed by atoms with Crippen molar-refractivity contribution in [2.75, 3.05) is 20.8 Å². The minimum Gasteiger partial charge on any atom is -0.497 e. The summed E-state index contributed by atoms with van der Waals surface area (Å²) < 4.78 is 18.3. The van der Waals surface area contributed by atoms with Crippen LogP contribution in [0.1, 0.15) is 31.4 Å². The van der Waals surface area contributed by atoms with Crippen molar-refractivity contribution in [3.05, 3.63) is 54.4 Å². The first-order valence-electron chi connectivity index (χ1n) is 10.1. The molecule has 162 valence electrons. The Bertz CT molecular complexity index is 1020. The number of ether oxygens (including phenoxy) is 3. The third kappa shape index (κ3) is 4.30. The molecule has 1 saturated heterocycles. The predicted octanol–water partition coefficient (Wildman–Crippen LogP) is 2.81. The normalized spacial score (nSPS) is 16.7. The van der Waals surface area contributed by atoms with Crippen molar-refractivity contribution in [1.82, 2.24) is 25.1 Å². The maximum atomic E-state index is 13.2. The van der Waals surface area contributed by atoms with Crippen LogP contribution in [0.15, 0.2) is 48.8 Å². The van der Waals surface area contributed by atoms with E-state index in [2.05, 4.69) is 15.5 Å². The molecule has 2 heterocycles. The summed E-state index contributed by atoms with van der Waals surface area (Å²) in [5, 5.41) is 11.1. The number of hydrogen-bond donors (Lipinski definition) is 0. The van der Waals surface area contributed by atoms with Crippen LogP contribution in [0.4, 0.5) is 0 Å². The maximum absolute atomic E-state index is 13.2. The average Bonchev–Trinajstić information content (AvgIpc) is 3.51. The van der Waals surface area contributed by atoms with Crippen molar-refractivity contribution in [3.63, 3.8) is 0 Å². The van der Waals surface area contributed by atoms with E-state index in [-0.39, 0.29) is 11.9 Å². The Labute approximate surface area is 180 Å². The second kappa shape index (κ2) is 9.03. The van der Waals surface area contributed by atoms with E-state index in [9.17, 15) is 4.79 Å². The van der Waals surface area contributed by atoms with Gasteiger partial charge in [0.1, 0.15) is 23.6 Å². The van der Waals surface area contributed by atoms with Gasteiger partial charge in [-0.25, -0.2) is 4.68 Å². The zero-order valence-electron chi connectivity index (χ0n) is 17.8. The maximum Gasteiger partial charge on any atom is 0.263 e. The van der Waals surface area contributed by atoms with E-state index in [1.54, 1.807) is 38.0 Å². The van der Waals surface area contributed by atoms with Crippen LogP contribution in [0, 0.1) is 0 Å². The Balaban J connectivity index is 1.47. The fourth-order valence-electron chi connectivity index (χ4n) is 3.89. The molecule has 9 heteroatoms. The number of carbonyl (C=O) groups excluding carboxylic acids is 1. The van der Waals surface area contributed by atoms with E-state index >= 15 is 0 Å². The first-order valence-corrected chi connectivity index (χ1v) is 10.1. The van der Waals surface area contributed by atoms with Gasteiger partial charge in [-0.3, -0.25) is 4.79 Å². The highest BCUT2D eigenvalue weighted by molar-refractivity contribution is 5.81. The molecule has 9 nitrogen and oxygen atoms in total. The molecule has 1 aliphatic heterocycles. The second-order valence-electron chi connectivity index (χ2n) is 7.31. The molecule has 1 fully saturated rings. The standard InChI is InChI=1S/C22H25N5O4/c1-15(31-17-8-6-16(7-9-17)27-14-23-24-25-27)22(28)26-12-4-5-20(26)19-11-10-18(29-2)13-21(19)30-3/h6-11,13-15,20H,4-5,12H2,1-3H3/t15-,20-/m0/s1. The summed E-state index contributed by atoms with van der Waals surface area (Å²) in [6, 6.07) is 12.9. The van der Waals surface area contributed by atoms with Crippen molar-refractivity contribution in [3.8, 4) is 22.9 Å². The van der Waals surface area contributed by atoms with Crippen molar-refractivity contribution in [2.24, 2.45) is 0 Å². The summed E-state index contributed by atoms with van der Waals surface area (Å²) in [5.74, 6) is 1.99. The van der Waals surface area contributed by atoms with Gasteiger partial charge in [0.2, 0.25) is 0 Å². The SMILES string of the molecule is COc1ccc([C@@H]2CCCN2C(=O)[C@H](C)Oc2ccc(-n3cnnn3)cc2)c(OC)c1. The molecule has 0 N–H and O–H groups in total. The Morgan fingerprint density at radius 3 is 2.55 bits per heavy atom. The smallest absolute Gasteiger partial charge is 0.263 e. The van der Waals surface area contributed by atoms with Crippen LogP contribution in [0.25, 0.3) is 5.69 Å². The van der Waals surface area contributed by atoms with Crippen LogP contribution in [-0.4, -0.2) is 57.9 Å². The largest absolute Gasteiger partial charge is 0.497 e. The quantitative estimate of drug-likeness (QED) is 0.577. The minimum atomic E-state index is -0.622. The first-order chi connectivity index (χ1) is 15.1. The Hall–Kier alpha value is -3.62. The van der Waals surface area contributed by atoms with Crippen molar-refractivity contribution < 1.29 is 19.0 Å². The van der Waals surface area contributed by atoms with Gasteiger partial charge in [0.25, 0.3) is 5.91 Å². The van der Waals surface area contributed by atoms with Crippen LogP contribution in [0.5, 0.6) is 17.2 Å². The Morgan fingerprint density at radius 1 is 1.10 bits per heavy atom. The van der Waals surface area contributed by atoms with Crippen molar-refractivity contribution in [2.45, 2.75) is 31.9 Å². The summed E-state index contributed by atoms with van der Waals surface area (Å²) in [6.45, 7) is 2.46. The molecule has 1 aliphatic rings. The highest BCUT2D eigenvalue weighted by Gasteiger charge is 2.34. The number of benzene rings is 2. The molecule has 3 aromatic rings. The number of hydrogen-bond acceptors (Lipinski definition) is 7. The van der Waals surface area contributed by atoms with Crippen LogP contribution in [0.3, 0.4) is 0 Å². The average molecular weight is 423 g/mol. The molecule has 0 spiro atoms. The Kier molecular flexibility index (Phi) is 6.01. The second-order valence-corrected chi connectivity index (χ2v) is 7.31. The van der Waals surface area contributed by atoms with E-state index in [0.717, 1.165) is 35.6 Å². The third-order valence-corrected chi connectivity index (χ3v) is 5.45. The zero-order valence-corrected chi connectivity index (χ0v) is 17.8. The van der Waals surface area contributed by atoms with Crippen LogP contribution in [0.2, 0.25) is 0 Å². The highest BCUT2D eigenvalue weighted by Crippen LogP contribution is 2.39. The van der Waals surface area contributed by atoms with Gasteiger partial charge in [-0.2, -0.15) is 0 Å². The molecule has 1 aromatic heterocycles. The van der Waals surface area contributed by atoms with E-state index in [0.29, 0.717) is 12.3 Å². The molecule has 31 heavy (non-hydrogen) atoms. The third-order valence-electron chi connectivity index (χ3n) is 5.45. The number of amides is 1. The molecule has 0 radical (unpaired) electrons. The highest BCUT2D eigenvalue weighted by atomic mass is 16.5. The lowest BCUT2D eigenvalue weighted by Crippen LogP contribution is -2.40. The number of carbonyl (C=O) groups is 1. The van der Waals surface area contributed by atoms with Gasteiger partial charge in [0.15, 0.2) is 6.10 Å². The number of aromatic nitrogens is 4. The number of methoxy groups -OCH3 is 2. The molecule has 0 saturated carbocycles. The lowest BCUT2D eigenvalue weighted by atomic mass is 10.0. The molecule has 0 bridgehead atoms. The molecule has 1 amide bonds. The minimum absolute atomic E-state index is 0.0510. The summed E-state index contributed by atoms with van der Waals surface area (Å²) in [5.41, 5.74) is 1.79. The zero-order chi connectivity index (χ0) is 21.8. The van der Waals surface area contributed by atoms with Crippen LogP contribution < -0.4 is 14.2 Å².